The second-order valence-electron chi connectivity index (χ2n) is 4.20. The van der Waals surface area contributed by atoms with Crippen molar-refractivity contribution in [2.45, 2.75) is 6.10 Å². The van der Waals surface area contributed by atoms with Gasteiger partial charge in [-0.25, -0.2) is 0 Å². The summed E-state index contributed by atoms with van der Waals surface area (Å²) in [7, 11) is 1.61. The predicted molar refractivity (Wildman–Crippen MR) is 68.2 cm³/mol. The van der Waals surface area contributed by atoms with Crippen molar-refractivity contribution in [2.24, 2.45) is 11.1 Å². The standard InChI is InChI=1S/C12H12BrNO4/c1-16-10-2-6-9(3-8(10)13)17-5-7-11(4-15)18-14-12(6)7/h2-3,7,11,15H,4-5H2,1H3. The van der Waals surface area contributed by atoms with E-state index >= 15 is 0 Å². The molecule has 0 saturated carbocycles. The van der Waals surface area contributed by atoms with Crippen LogP contribution >= 0.6 is 15.9 Å². The molecule has 2 unspecified atom stereocenters. The van der Waals surface area contributed by atoms with Crippen molar-refractivity contribution in [3.63, 3.8) is 0 Å². The fourth-order valence-corrected chi connectivity index (χ4v) is 2.71. The highest BCUT2D eigenvalue weighted by Crippen LogP contribution is 2.39. The maximum absolute atomic E-state index is 9.21. The number of aliphatic hydroxyl groups excluding tert-OH is 1. The first-order valence-electron chi connectivity index (χ1n) is 5.60. The van der Waals surface area contributed by atoms with E-state index in [4.69, 9.17) is 14.3 Å². The minimum atomic E-state index is -0.317. The van der Waals surface area contributed by atoms with E-state index in [1.165, 1.54) is 0 Å². The molecule has 0 spiro atoms. The molecule has 6 heteroatoms. The predicted octanol–water partition coefficient (Wildman–Crippen LogP) is 1.56. The average Bonchev–Trinajstić information content (AvgIpc) is 2.81. The number of ether oxygens (including phenoxy) is 2. The fraction of sp³-hybridized carbons (Fsp3) is 0.417. The van der Waals surface area contributed by atoms with Gasteiger partial charge in [0.05, 0.1) is 24.1 Å². The number of rotatable bonds is 2. The van der Waals surface area contributed by atoms with E-state index < -0.39 is 0 Å². The first kappa shape index (κ1) is 11.8. The van der Waals surface area contributed by atoms with Crippen LogP contribution in [-0.4, -0.2) is 37.2 Å². The summed E-state index contributed by atoms with van der Waals surface area (Å²) in [5.74, 6) is 1.45. The first-order chi connectivity index (χ1) is 8.74. The zero-order chi connectivity index (χ0) is 12.7. The van der Waals surface area contributed by atoms with Gasteiger partial charge in [-0.15, -0.1) is 0 Å². The summed E-state index contributed by atoms with van der Waals surface area (Å²) >= 11 is 3.42. The van der Waals surface area contributed by atoms with Gasteiger partial charge in [0.15, 0.2) is 6.10 Å². The van der Waals surface area contributed by atoms with E-state index in [1.54, 1.807) is 7.11 Å². The summed E-state index contributed by atoms with van der Waals surface area (Å²) in [5, 5.41) is 13.3. The molecule has 0 saturated heterocycles. The molecule has 2 heterocycles. The molecule has 1 aromatic rings. The third kappa shape index (κ3) is 1.67. The Bertz CT molecular complexity index is 517. The lowest BCUT2D eigenvalue weighted by molar-refractivity contribution is 0.00846. The minimum absolute atomic E-state index is 0.0200. The Balaban J connectivity index is 2.05. The zero-order valence-electron chi connectivity index (χ0n) is 9.72. The topological polar surface area (TPSA) is 60.3 Å². The van der Waals surface area contributed by atoms with E-state index in [1.807, 2.05) is 12.1 Å². The molecule has 5 nitrogen and oxygen atoms in total. The molecule has 2 atom stereocenters. The highest BCUT2D eigenvalue weighted by Gasteiger charge is 2.39. The molecular formula is C12H12BrNO4. The number of halogens is 1. The molecule has 0 aliphatic carbocycles. The Morgan fingerprint density at radius 2 is 2.39 bits per heavy atom. The average molecular weight is 314 g/mol. The van der Waals surface area contributed by atoms with Crippen LogP contribution in [0.25, 0.3) is 0 Å². The largest absolute Gasteiger partial charge is 0.496 e. The molecule has 0 amide bonds. The van der Waals surface area contributed by atoms with Crippen molar-refractivity contribution in [3.8, 4) is 11.5 Å². The normalized spacial score (nSPS) is 24.5. The number of hydrogen-bond donors (Lipinski definition) is 1. The van der Waals surface area contributed by atoms with Gasteiger partial charge in [-0.3, -0.25) is 0 Å². The Morgan fingerprint density at radius 1 is 1.56 bits per heavy atom. The molecule has 0 aromatic heterocycles. The van der Waals surface area contributed by atoms with E-state index in [9.17, 15) is 5.11 Å². The molecule has 2 aliphatic heterocycles. The lowest BCUT2D eigenvalue weighted by Crippen LogP contribution is -2.35. The van der Waals surface area contributed by atoms with Crippen molar-refractivity contribution in [1.29, 1.82) is 0 Å². The molecule has 3 rings (SSSR count). The summed E-state index contributed by atoms with van der Waals surface area (Å²) in [6, 6.07) is 3.73. The van der Waals surface area contributed by atoms with Crippen LogP contribution in [0.1, 0.15) is 5.56 Å². The van der Waals surface area contributed by atoms with Crippen LogP contribution in [0.15, 0.2) is 21.8 Å². The van der Waals surface area contributed by atoms with Crippen LogP contribution in [0.4, 0.5) is 0 Å². The van der Waals surface area contributed by atoms with Gasteiger partial charge in [0, 0.05) is 5.56 Å². The maximum atomic E-state index is 9.21. The first-order valence-corrected chi connectivity index (χ1v) is 6.39. The minimum Gasteiger partial charge on any atom is -0.496 e. The van der Waals surface area contributed by atoms with E-state index in [2.05, 4.69) is 21.1 Å². The lowest BCUT2D eigenvalue weighted by Gasteiger charge is -2.25. The van der Waals surface area contributed by atoms with Crippen molar-refractivity contribution in [1.82, 2.24) is 0 Å². The number of benzene rings is 1. The Kier molecular flexibility index (Phi) is 2.91. The molecule has 0 fully saturated rings. The smallest absolute Gasteiger partial charge is 0.162 e. The second-order valence-corrected chi connectivity index (χ2v) is 5.06. The number of oxime groups is 1. The maximum Gasteiger partial charge on any atom is 0.162 e. The molecule has 1 aromatic carbocycles. The number of nitrogens with zero attached hydrogens (tertiary/aromatic N) is 1. The monoisotopic (exact) mass is 313 g/mol. The van der Waals surface area contributed by atoms with Crippen LogP contribution in [0.2, 0.25) is 0 Å². The van der Waals surface area contributed by atoms with Crippen LogP contribution in [0, 0.1) is 5.92 Å². The Labute approximate surface area is 112 Å². The van der Waals surface area contributed by atoms with Crippen molar-refractivity contribution < 1.29 is 19.4 Å². The van der Waals surface area contributed by atoms with Crippen molar-refractivity contribution in [3.05, 3.63) is 22.2 Å². The molecule has 0 bridgehead atoms. The van der Waals surface area contributed by atoms with Crippen LogP contribution in [-0.2, 0) is 4.84 Å². The van der Waals surface area contributed by atoms with Crippen molar-refractivity contribution in [2.75, 3.05) is 20.3 Å². The number of aliphatic hydroxyl groups is 1. The SMILES string of the molecule is COc1cc2c(cc1Br)OCC1C2=NOC1CO. The van der Waals surface area contributed by atoms with Gasteiger partial charge in [0.1, 0.15) is 23.8 Å². The van der Waals surface area contributed by atoms with Crippen LogP contribution in [0.5, 0.6) is 11.5 Å². The van der Waals surface area contributed by atoms with Gasteiger partial charge in [0.2, 0.25) is 0 Å². The van der Waals surface area contributed by atoms with E-state index in [0.717, 1.165) is 21.5 Å². The van der Waals surface area contributed by atoms with Gasteiger partial charge < -0.3 is 19.4 Å². The van der Waals surface area contributed by atoms with Gasteiger partial charge in [-0.05, 0) is 28.1 Å². The van der Waals surface area contributed by atoms with Gasteiger partial charge in [-0.1, -0.05) is 5.16 Å². The van der Waals surface area contributed by atoms with Crippen LogP contribution < -0.4 is 9.47 Å². The number of methoxy groups -OCH3 is 1. The van der Waals surface area contributed by atoms with Crippen LogP contribution in [0.3, 0.4) is 0 Å². The Morgan fingerprint density at radius 3 is 3.11 bits per heavy atom. The second kappa shape index (κ2) is 4.44. The Hall–Kier alpha value is -1.27. The number of hydrogen-bond acceptors (Lipinski definition) is 5. The summed E-state index contributed by atoms with van der Waals surface area (Å²) < 4.78 is 11.8. The van der Waals surface area contributed by atoms with Gasteiger partial charge >= 0.3 is 0 Å². The molecule has 1 N–H and O–H groups in total. The quantitative estimate of drug-likeness (QED) is 0.900. The summed E-state index contributed by atoms with van der Waals surface area (Å²) in [5.41, 5.74) is 1.68. The lowest BCUT2D eigenvalue weighted by atomic mass is 9.90. The third-order valence-corrected chi connectivity index (χ3v) is 3.83. The summed E-state index contributed by atoms with van der Waals surface area (Å²) in [6.07, 6.45) is -0.317. The third-order valence-electron chi connectivity index (χ3n) is 3.21. The zero-order valence-corrected chi connectivity index (χ0v) is 11.3. The highest BCUT2D eigenvalue weighted by molar-refractivity contribution is 9.10. The van der Waals surface area contributed by atoms with Gasteiger partial charge in [-0.2, -0.15) is 0 Å². The molecule has 0 radical (unpaired) electrons. The van der Waals surface area contributed by atoms with E-state index in [0.29, 0.717) is 12.4 Å². The summed E-state index contributed by atoms with van der Waals surface area (Å²) in [6.45, 7) is 0.403. The highest BCUT2D eigenvalue weighted by atomic mass is 79.9. The molecular weight excluding hydrogens is 302 g/mol. The van der Waals surface area contributed by atoms with Crippen molar-refractivity contribution >= 4 is 21.6 Å². The molecule has 96 valence electrons. The summed E-state index contributed by atoms with van der Waals surface area (Å²) in [4.78, 5) is 5.22. The number of fused-ring (bicyclic) bond motifs is 3. The molecule has 18 heavy (non-hydrogen) atoms. The molecule has 2 aliphatic rings. The van der Waals surface area contributed by atoms with Gasteiger partial charge in [0.25, 0.3) is 0 Å². The fourth-order valence-electron chi connectivity index (χ4n) is 2.23. The van der Waals surface area contributed by atoms with E-state index in [-0.39, 0.29) is 18.6 Å².